The Morgan fingerprint density at radius 3 is 1.88 bits per heavy atom. The maximum atomic E-state index is 11.0. The monoisotopic (exact) mass is 555 g/mol. The van der Waals surface area contributed by atoms with Crippen LogP contribution in [0.2, 0.25) is 0 Å². The first-order valence-corrected chi connectivity index (χ1v) is 12.7. The second kappa shape index (κ2) is 9.65. The quantitative estimate of drug-likeness (QED) is 0.340. The van der Waals surface area contributed by atoms with E-state index in [-0.39, 0.29) is 0 Å². The van der Waals surface area contributed by atoms with Gasteiger partial charge < -0.3 is 9.67 Å². The molecule has 1 N–H and O–H groups in total. The molecule has 1 atom stereocenters. The molecule has 0 amide bonds. The van der Waals surface area contributed by atoms with Crippen molar-refractivity contribution in [3.63, 3.8) is 0 Å². The SMILES string of the molecule is O[C@H](CN1CCN(Cc2ccccc2)CC1)Cn1c2ccc(Br)cc2c2cc(Br)ccc21. The average molecular weight is 557 g/mol. The van der Waals surface area contributed by atoms with Crippen LogP contribution < -0.4 is 0 Å². The van der Waals surface area contributed by atoms with Crippen molar-refractivity contribution in [1.82, 2.24) is 14.4 Å². The van der Waals surface area contributed by atoms with Crippen LogP contribution >= 0.6 is 31.9 Å². The summed E-state index contributed by atoms with van der Waals surface area (Å²) in [6, 6.07) is 23.4. The zero-order chi connectivity index (χ0) is 22.1. The first-order chi connectivity index (χ1) is 15.6. The molecule has 0 spiro atoms. The molecule has 1 aliphatic rings. The third kappa shape index (κ3) is 4.80. The number of benzene rings is 3. The number of hydrogen-bond donors (Lipinski definition) is 1. The van der Waals surface area contributed by atoms with Crippen molar-refractivity contribution in [3.8, 4) is 0 Å². The van der Waals surface area contributed by atoms with Crippen molar-refractivity contribution in [2.24, 2.45) is 0 Å². The summed E-state index contributed by atoms with van der Waals surface area (Å²) in [4.78, 5) is 4.90. The van der Waals surface area contributed by atoms with Gasteiger partial charge in [-0.05, 0) is 42.0 Å². The largest absolute Gasteiger partial charge is 0.390 e. The number of rotatable bonds is 6. The Morgan fingerprint density at radius 2 is 1.28 bits per heavy atom. The molecule has 2 heterocycles. The first-order valence-electron chi connectivity index (χ1n) is 11.1. The second-order valence-electron chi connectivity index (χ2n) is 8.65. The summed E-state index contributed by atoms with van der Waals surface area (Å²) in [5.74, 6) is 0. The lowest BCUT2D eigenvalue weighted by molar-refractivity contribution is 0.0634. The molecule has 1 aliphatic heterocycles. The Kier molecular flexibility index (Phi) is 6.67. The number of aromatic nitrogens is 1. The standard InChI is InChI=1S/C26H27Br2N3O/c27-20-6-8-25-23(14-20)24-15-21(28)7-9-26(24)31(25)18-22(32)17-30-12-10-29(11-13-30)16-19-4-2-1-3-5-19/h1-9,14-15,22,32H,10-13,16-18H2/t22-/m1/s1. The van der Waals surface area contributed by atoms with Crippen molar-refractivity contribution in [2.75, 3.05) is 32.7 Å². The lowest BCUT2D eigenvalue weighted by atomic mass is 10.2. The molecule has 0 bridgehead atoms. The molecule has 4 nitrogen and oxygen atoms in total. The number of hydrogen-bond acceptors (Lipinski definition) is 3. The minimum absolute atomic E-state index is 0.415. The van der Waals surface area contributed by atoms with Crippen LogP contribution in [0.5, 0.6) is 0 Å². The van der Waals surface area contributed by atoms with E-state index in [0.717, 1.165) is 52.7 Å². The molecule has 1 saturated heterocycles. The number of aliphatic hydroxyl groups is 1. The van der Waals surface area contributed by atoms with Crippen LogP contribution in [0.4, 0.5) is 0 Å². The normalized spacial score (nSPS) is 16.7. The fourth-order valence-electron chi connectivity index (χ4n) is 4.78. The average Bonchev–Trinajstić information content (AvgIpc) is 3.08. The van der Waals surface area contributed by atoms with E-state index < -0.39 is 6.10 Å². The van der Waals surface area contributed by atoms with E-state index in [1.165, 1.54) is 16.3 Å². The van der Waals surface area contributed by atoms with Gasteiger partial charge in [0, 0.05) is 70.0 Å². The summed E-state index contributed by atoms with van der Waals surface area (Å²) in [5.41, 5.74) is 3.69. The van der Waals surface area contributed by atoms with Gasteiger partial charge in [0.05, 0.1) is 12.6 Å². The molecule has 1 fully saturated rings. The van der Waals surface area contributed by atoms with Gasteiger partial charge in [-0.1, -0.05) is 62.2 Å². The molecule has 0 saturated carbocycles. The number of nitrogens with zero attached hydrogens (tertiary/aromatic N) is 3. The van der Waals surface area contributed by atoms with Crippen LogP contribution in [0, 0.1) is 0 Å². The van der Waals surface area contributed by atoms with Gasteiger partial charge in [0.1, 0.15) is 0 Å². The predicted molar refractivity (Wildman–Crippen MR) is 139 cm³/mol. The van der Waals surface area contributed by atoms with Crippen LogP contribution in [-0.2, 0) is 13.1 Å². The first kappa shape index (κ1) is 22.1. The molecule has 3 aromatic carbocycles. The lowest BCUT2D eigenvalue weighted by Crippen LogP contribution is -2.48. The van der Waals surface area contributed by atoms with Crippen molar-refractivity contribution in [2.45, 2.75) is 19.2 Å². The molecule has 5 rings (SSSR count). The molecule has 6 heteroatoms. The van der Waals surface area contributed by atoms with Crippen LogP contribution in [0.15, 0.2) is 75.7 Å². The van der Waals surface area contributed by atoms with Gasteiger partial charge in [-0.25, -0.2) is 0 Å². The number of fused-ring (bicyclic) bond motifs is 3. The van der Waals surface area contributed by atoms with E-state index in [0.29, 0.717) is 13.1 Å². The molecule has 1 aromatic heterocycles. The van der Waals surface area contributed by atoms with Crippen molar-refractivity contribution >= 4 is 53.7 Å². The van der Waals surface area contributed by atoms with Gasteiger partial charge in [0.15, 0.2) is 0 Å². The minimum Gasteiger partial charge on any atom is -0.390 e. The van der Waals surface area contributed by atoms with E-state index in [2.05, 4.69) is 113 Å². The molecular weight excluding hydrogens is 530 g/mol. The summed E-state index contributed by atoms with van der Waals surface area (Å²) in [6.45, 7) is 6.37. The summed E-state index contributed by atoms with van der Waals surface area (Å²) in [5, 5.41) is 13.4. The van der Waals surface area contributed by atoms with Gasteiger partial charge in [0.25, 0.3) is 0 Å². The minimum atomic E-state index is -0.415. The van der Waals surface area contributed by atoms with Gasteiger partial charge >= 0.3 is 0 Å². The third-order valence-corrected chi connectivity index (χ3v) is 7.35. The lowest BCUT2D eigenvalue weighted by Gasteiger charge is -2.35. The molecule has 32 heavy (non-hydrogen) atoms. The fourth-order valence-corrected chi connectivity index (χ4v) is 5.51. The highest BCUT2D eigenvalue weighted by atomic mass is 79.9. The van der Waals surface area contributed by atoms with Crippen LogP contribution in [0.25, 0.3) is 21.8 Å². The van der Waals surface area contributed by atoms with E-state index in [9.17, 15) is 5.11 Å². The summed E-state index contributed by atoms with van der Waals surface area (Å²) >= 11 is 7.21. The van der Waals surface area contributed by atoms with Crippen molar-refractivity contribution in [3.05, 3.63) is 81.2 Å². The highest BCUT2D eigenvalue weighted by Crippen LogP contribution is 2.33. The molecule has 4 aromatic rings. The Bertz CT molecular complexity index is 1160. The fraction of sp³-hybridized carbons (Fsp3) is 0.308. The second-order valence-corrected chi connectivity index (χ2v) is 10.5. The number of aliphatic hydroxyl groups excluding tert-OH is 1. The topological polar surface area (TPSA) is 31.6 Å². The van der Waals surface area contributed by atoms with Crippen LogP contribution in [0.3, 0.4) is 0 Å². The molecule has 166 valence electrons. The Balaban J connectivity index is 1.26. The number of piperazine rings is 1. The maximum Gasteiger partial charge on any atom is 0.0845 e. The van der Waals surface area contributed by atoms with Crippen LogP contribution in [0.1, 0.15) is 5.56 Å². The predicted octanol–water partition coefficient (Wildman–Crippen LogP) is 5.50. The smallest absolute Gasteiger partial charge is 0.0845 e. The molecule has 0 unspecified atom stereocenters. The molecule has 0 radical (unpaired) electrons. The van der Waals surface area contributed by atoms with Crippen LogP contribution in [-0.4, -0.2) is 58.3 Å². The Labute approximate surface area is 205 Å². The van der Waals surface area contributed by atoms with Gasteiger partial charge in [-0.2, -0.15) is 0 Å². The molecular formula is C26H27Br2N3O. The zero-order valence-electron chi connectivity index (χ0n) is 17.9. The van der Waals surface area contributed by atoms with Gasteiger partial charge in [-0.3, -0.25) is 9.80 Å². The van der Waals surface area contributed by atoms with Crippen molar-refractivity contribution < 1.29 is 5.11 Å². The van der Waals surface area contributed by atoms with E-state index in [4.69, 9.17) is 0 Å². The third-order valence-electron chi connectivity index (χ3n) is 6.37. The van der Waals surface area contributed by atoms with Gasteiger partial charge in [0.2, 0.25) is 0 Å². The Morgan fingerprint density at radius 1 is 0.719 bits per heavy atom. The van der Waals surface area contributed by atoms with Gasteiger partial charge in [-0.15, -0.1) is 0 Å². The highest BCUT2D eigenvalue weighted by molar-refractivity contribution is 9.10. The van der Waals surface area contributed by atoms with E-state index in [1.807, 2.05) is 0 Å². The van der Waals surface area contributed by atoms with E-state index >= 15 is 0 Å². The summed E-state index contributed by atoms with van der Waals surface area (Å²) in [7, 11) is 0. The maximum absolute atomic E-state index is 11.0. The molecule has 0 aliphatic carbocycles. The Hall–Kier alpha value is -1.70. The number of β-amino-alcohol motifs (C(OH)–C–C–N with tert-alkyl or cyclic N) is 1. The van der Waals surface area contributed by atoms with E-state index in [1.54, 1.807) is 0 Å². The zero-order valence-corrected chi connectivity index (χ0v) is 21.1. The number of halogens is 2. The summed E-state index contributed by atoms with van der Waals surface area (Å²) in [6.07, 6.45) is -0.415. The van der Waals surface area contributed by atoms with Crippen molar-refractivity contribution in [1.29, 1.82) is 0 Å². The highest BCUT2D eigenvalue weighted by Gasteiger charge is 2.21. The summed E-state index contributed by atoms with van der Waals surface area (Å²) < 4.78 is 4.40.